The first kappa shape index (κ1) is 14.7. The Bertz CT molecular complexity index is 338. The zero-order chi connectivity index (χ0) is 13.8. The molecule has 0 aromatic carbocycles. The molecular formula is C14H22O4. The largest absolute Gasteiger partial charge is 0.458 e. The second-order valence-electron chi connectivity index (χ2n) is 5.66. The molecule has 2 atom stereocenters. The van der Waals surface area contributed by atoms with E-state index in [1.807, 2.05) is 32.9 Å². The molecule has 0 saturated carbocycles. The second-order valence-corrected chi connectivity index (χ2v) is 5.66. The van der Waals surface area contributed by atoms with E-state index in [0.29, 0.717) is 0 Å². The molecule has 4 heteroatoms. The topological polar surface area (TPSA) is 52.6 Å². The van der Waals surface area contributed by atoms with E-state index in [1.54, 1.807) is 0 Å². The number of hydrogen-bond acceptors (Lipinski definition) is 4. The lowest BCUT2D eigenvalue weighted by atomic mass is 9.97. The highest BCUT2D eigenvalue weighted by Gasteiger charge is 2.26. The number of hydrogen-bond donors (Lipinski definition) is 0. The fourth-order valence-corrected chi connectivity index (χ4v) is 1.68. The van der Waals surface area contributed by atoms with Gasteiger partial charge in [-0.05, 0) is 52.2 Å². The lowest BCUT2D eigenvalue weighted by Gasteiger charge is -2.20. The summed E-state index contributed by atoms with van der Waals surface area (Å²) in [6.07, 6.45) is 5.65. The smallest absolute Gasteiger partial charge is 0.311 e. The molecule has 0 radical (unpaired) electrons. The molecule has 0 aromatic heterocycles. The maximum absolute atomic E-state index is 11.8. The first-order valence-corrected chi connectivity index (χ1v) is 6.35. The summed E-state index contributed by atoms with van der Waals surface area (Å²) in [7, 11) is 0. The lowest BCUT2D eigenvalue weighted by Crippen LogP contribution is -2.27. The van der Waals surface area contributed by atoms with E-state index < -0.39 is 5.41 Å². The van der Waals surface area contributed by atoms with Crippen molar-refractivity contribution in [3.05, 3.63) is 12.2 Å². The molecule has 1 rings (SSSR count). The molecule has 0 amide bonds. The Labute approximate surface area is 108 Å². The minimum atomic E-state index is -0.491. The van der Waals surface area contributed by atoms with Crippen LogP contribution in [0.15, 0.2) is 12.2 Å². The van der Waals surface area contributed by atoms with Gasteiger partial charge in [0, 0.05) is 6.92 Å². The van der Waals surface area contributed by atoms with Crippen LogP contribution in [0.4, 0.5) is 0 Å². The summed E-state index contributed by atoms with van der Waals surface area (Å²) < 4.78 is 10.5. The van der Waals surface area contributed by atoms with Crippen molar-refractivity contribution in [3.63, 3.8) is 0 Å². The Morgan fingerprint density at radius 2 is 1.56 bits per heavy atom. The van der Waals surface area contributed by atoms with E-state index in [9.17, 15) is 9.59 Å². The van der Waals surface area contributed by atoms with E-state index in [1.165, 1.54) is 6.92 Å². The van der Waals surface area contributed by atoms with Crippen molar-refractivity contribution >= 4 is 11.9 Å². The summed E-state index contributed by atoms with van der Waals surface area (Å²) in [5, 5.41) is 0. The fraction of sp³-hybridized carbons (Fsp3) is 0.714. The molecule has 0 aromatic rings. The van der Waals surface area contributed by atoms with Gasteiger partial charge in [0.2, 0.25) is 0 Å². The van der Waals surface area contributed by atoms with Crippen molar-refractivity contribution in [2.75, 3.05) is 0 Å². The van der Waals surface area contributed by atoms with Crippen molar-refractivity contribution in [3.8, 4) is 0 Å². The van der Waals surface area contributed by atoms with E-state index in [0.717, 1.165) is 19.3 Å². The molecule has 0 fully saturated rings. The van der Waals surface area contributed by atoms with Crippen molar-refractivity contribution < 1.29 is 19.1 Å². The van der Waals surface area contributed by atoms with Gasteiger partial charge in [0.15, 0.2) is 0 Å². The minimum Gasteiger partial charge on any atom is -0.458 e. The third-order valence-corrected chi connectivity index (χ3v) is 2.71. The van der Waals surface area contributed by atoms with Crippen LogP contribution < -0.4 is 0 Å². The molecule has 18 heavy (non-hydrogen) atoms. The summed E-state index contributed by atoms with van der Waals surface area (Å²) in [4.78, 5) is 22.6. The Kier molecular flexibility index (Phi) is 4.93. The quantitative estimate of drug-likeness (QED) is 0.561. The molecule has 0 bridgehead atoms. The van der Waals surface area contributed by atoms with Gasteiger partial charge in [-0.2, -0.15) is 0 Å². The van der Waals surface area contributed by atoms with Gasteiger partial charge >= 0.3 is 11.9 Å². The number of carbonyl (C=O) groups excluding carboxylic acids is 2. The molecule has 0 aliphatic heterocycles. The average molecular weight is 254 g/mol. The van der Waals surface area contributed by atoms with E-state index >= 15 is 0 Å². The monoisotopic (exact) mass is 254 g/mol. The minimum absolute atomic E-state index is 0.194. The Hall–Kier alpha value is -1.32. The third-order valence-electron chi connectivity index (χ3n) is 2.71. The summed E-state index contributed by atoms with van der Waals surface area (Å²) >= 11 is 0. The summed E-state index contributed by atoms with van der Waals surface area (Å²) in [6.45, 7) is 6.89. The standard InChI is InChI=1S/C14H22O4/c1-10(15)17-11-6-5-7-12(9-8-11)18-13(16)14(2,3)4/h8-9,11-12H,5-7H2,1-4H3. The van der Waals surface area contributed by atoms with Gasteiger partial charge in [-0.1, -0.05) is 0 Å². The van der Waals surface area contributed by atoms with Crippen LogP contribution in [0.3, 0.4) is 0 Å². The van der Waals surface area contributed by atoms with Crippen molar-refractivity contribution in [1.82, 2.24) is 0 Å². The Morgan fingerprint density at radius 1 is 1.06 bits per heavy atom. The van der Waals surface area contributed by atoms with Gasteiger partial charge < -0.3 is 9.47 Å². The van der Waals surface area contributed by atoms with E-state index in [2.05, 4.69) is 0 Å². The highest BCUT2D eigenvalue weighted by atomic mass is 16.5. The van der Waals surface area contributed by atoms with E-state index in [4.69, 9.17) is 9.47 Å². The maximum Gasteiger partial charge on any atom is 0.311 e. The van der Waals surface area contributed by atoms with Crippen LogP contribution in [0, 0.1) is 5.41 Å². The van der Waals surface area contributed by atoms with Gasteiger partial charge in [-0.3, -0.25) is 9.59 Å². The van der Waals surface area contributed by atoms with Crippen molar-refractivity contribution in [1.29, 1.82) is 0 Å². The predicted octanol–water partition coefficient (Wildman–Crippen LogP) is 2.62. The number of rotatable bonds is 2. The summed E-state index contributed by atoms with van der Waals surface area (Å²) in [5.41, 5.74) is -0.491. The van der Waals surface area contributed by atoms with Crippen LogP contribution in [0.2, 0.25) is 0 Å². The predicted molar refractivity (Wildman–Crippen MR) is 67.9 cm³/mol. The average Bonchev–Trinajstić information content (AvgIpc) is 2.42. The van der Waals surface area contributed by atoms with E-state index in [-0.39, 0.29) is 24.1 Å². The summed E-state index contributed by atoms with van der Waals surface area (Å²) in [6, 6.07) is 0. The lowest BCUT2D eigenvalue weighted by molar-refractivity contribution is -0.156. The maximum atomic E-state index is 11.8. The summed E-state index contributed by atoms with van der Waals surface area (Å²) in [5.74, 6) is -0.488. The zero-order valence-electron chi connectivity index (χ0n) is 11.6. The molecule has 0 N–H and O–H groups in total. The normalized spacial score (nSPS) is 24.2. The number of ether oxygens (including phenoxy) is 2. The molecule has 2 unspecified atom stereocenters. The molecule has 102 valence electrons. The SMILES string of the molecule is CC(=O)OC1C=CC(OC(=O)C(C)(C)C)CCC1. The highest BCUT2D eigenvalue weighted by Crippen LogP contribution is 2.21. The van der Waals surface area contributed by atoms with Crippen LogP contribution in [-0.4, -0.2) is 24.1 Å². The molecule has 0 saturated heterocycles. The second kappa shape index (κ2) is 6.03. The third kappa shape index (κ3) is 4.90. The van der Waals surface area contributed by atoms with Gasteiger partial charge in [0.05, 0.1) is 5.41 Å². The Balaban J connectivity index is 2.54. The van der Waals surface area contributed by atoms with Gasteiger partial charge in [0.25, 0.3) is 0 Å². The van der Waals surface area contributed by atoms with Gasteiger partial charge in [-0.25, -0.2) is 0 Å². The molecule has 1 aliphatic carbocycles. The highest BCUT2D eigenvalue weighted by molar-refractivity contribution is 5.75. The molecule has 1 aliphatic rings. The first-order valence-electron chi connectivity index (χ1n) is 6.35. The van der Waals surface area contributed by atoms with Crippen LogP contribution in [0.5, 0.6) is 0 Å². The van der Waals surface area contributed by atoms with Crippen molar-refractivity contribution in [2.45, 2.75) is 59.2 Å². The molecule has 0 heterocycles. The molecule has 4 nitrogen and oxygen atoms in total. The zero-order valence-corrected chi connectivity index (χ0v) is 11.6. The number of carbonyl (C=O) groups is 2. The molecular weight excluding hydrogens is 232 g/mol. The van der Waals surface area contributed by atoms with Gasteiger partial charge in [-0.15, -0.1) is 0 Å². The van der Waals surface area contributed by atoms with Gasteiger partial charge in [0.1, 0.15) is 12.2 Å². The Morgan fingerprint density at radius 3 is 2.00 bits per heavy atom. The first-order chi connectivity index (χ1) is 8.29. The number of esters is 2. The van der Waals surface area contributed by atoms with Crippen LogP contribution in [-0.2, 0) is 19.1 Å². The van der Waals surface area contributed by atoms with Crippen molar-refractivity contribution in [2.24, 2.45) is 5.41 Å². The van der Waals surface area contributed by atoms with Crippen LogP contribution in [0.1, 0.15) is 47.0 Å². The molecule has 0 spiro atoms. The van der Waals surface area contributed by atoms with Crippen LogP contribution in [0.25, 0.3) is 0 Å². The fourth-order valence-electron chi connectivity index (χ4n) is 1.68. The van der Waals surface area contributed by atoms with Crippen LogP contribution >= 0.6 is 0 Å².